The molecule has 0 saturated carbocycles. The minimum atomic E-state index is -0.484. The first-order chi connectivity index (χ1) is 9.54. The van der Waals surface area contributed by atoms with Gasteiger partial charge in [-0.05, 0) is 18.6 Å². The fraction of sp³-hybridized carbons (Fsp3) is 0.533. The summed E-state index contributed by atoms with van der Waals surface area (Å²) >= 11 is 0. The molecule has 1 unspecified atom stereocenters. The molecule has 1 aromatic rings. The smallest absolute Gasteiger partial charge is 0.314 e. The highest BCUT2D eigenvalue weighted by atomic mass is 16.6. The molecule has 0 spiro atoms. The summed E-state index contributed by atoms with van der Waals surface area (Å²) in [5.74, 6) is -0.0848. The molecule has 0 aliphatic carbocycles. The second-order valence-electron chi connectivity index (χ2n) is 4.92. The van der Waals surface area contributed by atoms with Gasteiger partial charge in [0.15, 0.2) is 0 Å². The number of hydrogen-bond donors (Lipinski definition) is 0. The Hall–Kier alpha value is -1.91. The van der Waals surface area contributed by atoms with E-state index in [4.69, 9.17) is 4.74 Å². The topological polar surface area (TPSA) is 69.4 Å². The van der Waals surface area contributed by atoms with Crippen LogP contribution in [-0.4, -0.2) is 10.9 Å². The van der Waals surface area contributed by atoms with Gasteiger partial charge in [-0.2, -0.15) is 0 Å². The van der Waals surface area contributed by atoms with Gasteiger partial charge in [0.05, 0.1) is 10.8 Å². The molecule has 5 nitrogen and oxygen atoms in total. The van der Waals surface area contributed by atoms with Crippen LogP contribution in [0, 0.1) is 16.0 Å². The molecule has 5 heteroatoms. The highest BCUT2D eigenvalue weighted by molar-refractivity contribution is 5.74. The lowest BCUT2D eigenvalue weighted by atomic mass is 10.0. The Morgan fingerprint density at radius 1 is 1.25 bits per heavy atom. The lowest BCUT2D eigenvalue weighted by Gasteiger charge is -2.10. The zero-order chi connectivity index (χ0) is 15.0. The SMILES string of the molecule is CCCCCCC(C)C(=O)Oc1ccc([N+](=O)[O-])cc1. The molecule has 0 saturated heterocycles. The van der Waals surface area contributed by atoms with Gasteiger partial charge in [0.1, 0.15) is 5.75 Å². The highest BCUT2D eigenvalue weighted by Crippen LogP contribution is 2.19. The van der Waals surface area contributed by atoms with Crippen molar-refractivity contribution in [1.82, 2.24) is 0 Å². The summed E-state index contributed by atoms with van der Waals surface area (Å²) in [7, 11) is 0. The Bertz CT molecular complexity index is 442. The largest absolute Gasteiger partial charge is 0.426 e. The van der Waals surface area contributed by atoms with E-state index in [9.17, 15) is 14.9 Å². The third kappa shape index (κ3) is 5.38. The van der Waals surface area contributed by atoms with E-state index in [1.54, 1.807) is 0 Å². The average Bonchev–Trinajstić information content (AvgIpc) is 2.44. The number of ether oxygens (including phenoxy) is 1. The predicted molar refractivity (Wildman–Crippen MR) is 76.7 cm³/mol. The molecule has 0 bridgehead atoms. The minimum absolute atomic E-state index is 0.0163. The average molecular weight is 279 g/mol. The van der Waals surface area contributed by atoms with E-state index in [1.807, 2.05) is 6.92 Å². The molecule has 20 heavy (non-hydrogen) atoms. The van der Waals surface area contributed by atoms with Crippen LogP contribution in [0.25, 0.3) is 0 Å². The molecule has 0 amide bonds. The zero-order valence-corrected chi connectivity index (χ0v) is 12.0. The van der Waals surface area contributed by atoms with Gasteiger partial charge in [0.2, 0.25) is 0 Å². The molecule has 0 aliphatic heterocycles. The second kappa shape index (κ2) is 8.30. The van der Waals surface area contributed by atoms with Crippen molar-refractivity contribution in [2.45, 2.75) is 46.0 Å². The van der Waals surface area contributed by atoms with Gasteiger partial charge >= 0.3 is 5.97 Å². The van der Waals surface area contributed by atoms with Gasteiger partial charge in [-0.25, -0.2) is 0 Å². The van der Waals surface area contributed by atoms with E-state index in [1.165, 1.54) is 37.1 Å². The maximum Gasteiger partial charge on any atom is 0.314 e. The molecule has 0 aliphatic rings. The van der Waals surface area contributed by atoms with Gasteiger partial charge in [-0.3, -0.25) is 14.9 Å². The molecule has 0 fully saturated rings. The summed E-state index contributed by atoms with van der Waals surface area (Å²) in [6, 6.07) is 5.54. The molecular formula is C15H21NO4. The summed E-state index contributed by atoms with van der Waals surface area (Å²) in [4.78, 5) is 21.9. The van der Waals surface area contributed by atoms with Crippen LogP contribution in [0.2, 0.25) is 0 Å². The maximum absolute atomic E-state index is 11.8. The Morgan fingerprint density at radius 2 is 1.90 bits per heavy atom. The number of esters is 1. The number of non-ortho nitro benzene ring substituents is 1. The monoisotopic (exact) mass is 279 g/mol. The van der Waals surface area contributed by atoms with Crippen molar-refractivity contribution in [1.29, 1.82) is 0 Å². The number of hydrogen-bond acceptors (Lipinski definition) is 4. The van der Waals surface area contributed by atoms with E-state index >= 15 is 0 Å². The summed E-state index contributed by atoms with van der Waals surface area (Å²) in [5.41, 5.74) is -0.0163. The van der Waals surface area contributed by atoms with E-state index in [-0.39, 0.29) is 17.6 Å². The quantitative estimate of drug-likeness (QED) is 0.236. The molecule has 1 aromatic carbocycles. The van der Waals surface area contributed by atoms with Crippen LogP contribution in [0.3, 0.4) is 0 Å². The van der Waals surface area contributed by atoms with Crippen LogP contribution >= 0.6 is 0 Å². The number of nitro groups is 1. The summed E-state index contributed by atoms with van der Waals surface area (Å²) in [6.07, 6.45) is 5.31. The van der Waals surface area contributed by atoms with Crippen molar-refractivity contribution in [3.63, 3.8) is 0 Å². The van der Waals surface area contributed by atoms with Crippen LogP contribution in [0.5, 0.6) is 5.75 Å². The molecule has 0 aromatic heterocycles. The van der Waals surface area contributed by atoms with Gasteiger partial charge in [0.25, 0.3) is 5.69 Å². The fourth-order valence-corrected chi connectivity index (χ4v) is 1.85. The Balaban J connectivity index is 2.42. The minimum Gasteiger partial charge on any atom is -0.426 e. The Labute approximate surface area is 119 Å². The molecule has 1 rings (SSSR count). The number of carbonyl (C=O) groups is 1. The second-order valence-corrected chi connectivity index (χ2v) is 4.92. The van der Waals surface area contributed by atoms with Crippen LogP contribution in [0.15, 0.2) is 24.3 Å². The van der Waals surface area contributed by atoms with Gasteiger partial charge in [-0.1, -0.05) is 39.5 Å². The van der Waals surface area contributed by atoms with E-state index < -0.39 is 4.92 Å². The zero-order valence-electron chi connectivity index (χ0n) is 12.0. The van der Waals surface area contributed by atoms with Crippen molar-refractivity contribution in [2.75, 3.05) is 0 Å². The van der Waals surface area contributed by atoms with Gasteiger partial charge in [-0.15, -0.1) is 0 Å². The van der Waals surface area contributed by atoms with Crippen molar-refractivity contribution in [3.05, 3.63) is 34.4 Å². The first-order valence-corrected chi connectivity index (χ1v) is 7.00. The maximum atomic E-state index is 11.8. The standard InChI is InChI=1S/C15H21NO4/c1-3-4-5-6-7-12(2)15(17)20-14-10-8-13(9-11-14)16(18)19/h8-12H,3-7H2,1-2H3. The predicted octanol–water partition coefficient (Wildman–Crippen LogP) is 4.11. The third-order valence-corrected chi connectivity index (χ3v) is 3.16. The number of carbonyl (C=O) groups excluding carboxylic acids is 1. The number of nitro benzene ring substituents is 1. The molecule has 0 radical (unpaired) electrons. The number of rotatable bonds is 8. The van der Waals surface area contributed by atoms with E-state index in [0.717, 1.165) is 19.3 Å². The Morgan fingerprint density at radius 3 is 2.45 bits per heavy atom. The first-order valence-electron chi connectivity index (χ1n) is 7.00. The summed E-state index contributed by atoms with van der Waals surface area (Å²) in [6.45, 7) is 3.99. The van der Waals surface area contributed by atoms with Crippen LogP contribution in [-0.2, 0) is 4.79 Å². The molecule has 0 N–H and O–H groups in total. The Kier molecular flexibility index (Phi) is 6.70. The van der Waals surface area contributed by atoms with Crippen LogP contribution in [0.4, 0.5) is 5.69 Å². The molecule has 1 atom stereocenters. The van der Waals surface area contributed by atoms with Crippen LogP contribution in [0.1, 0.15) is 46.0 Å². The summed E-state index contributed by atoms with van der Waals surface area (Å²) in [5, 5.41) is 10.5. The first kappa shape index (κ1) is 16.1. The molecule has 110 valence electrons. The van der Waals surface area contributed by atoms with Crippen molar-refractivity contribution < 1.29 is 14.5 Å². The normalized spacial score (nSPS) is 11.9. The van der Waals surface area contributed by atoms with Crippen LogP contribution < -0.4 is 4.74 Å². The molecular weight excluding hydrogens is 258 g/mol. The number of nitrogens with zero attached hydrogens (tertiary/aromatic N) is 1. The van der Waals surface area contributed by atoms with Crippen molar-refractivity contribution in [2.24, 2.45) is 5.92 Å². The number of benzene rings is 1. The third-order valence-electron chi connectivity index (χ3n) is 3.16. The fourth-order valence-electron chi connectivity index (χ4n) is 1.85. The highest BCUT2D eigenvalue weighted by Gasteiger charge is 2.15. The van der Waals surface area contributed by atoms with Gasteiger partial charge < -0.3 is 4.74 Å². The number of unbranched alkanes of at least 4 members (excludes halogenated alkanes) is 3. The lowest BCUT2D eigenvalue weighted by molar-refractivity contribution is -0.384. The van der Waals surface area contributed by atoms with E-state index in [2.05, 4.69) is 6.92 Å². The van der Waals surface area contributed by atoms with Crippen molar-refractivity contribution in [3.8, 4) is 5.75 Å². The summed E-state index contributed by atoms with van der Waals surface area (Å²) < 4.78 is 5.21. The van der Waals surface area contributed by atoms with Gasteiger partial charge in [0, 0.05) is 12.1 Å². The lowest BCUT2D eigenvalue weighted by Crippen LogP contribution is -2.17. The van der Waals surface area contributed by atoms with Crippen molar-refractivity contribution >= 4 is 11.7 Å². The van der Waals surface area contributed by atoms with E-state index in [0.29, 0.717) is 5.75 Å². The molecule has 0 heterocycles.